The van der Waals surface area contributed by atoms with Gasteiger partial charge in [0.1, 0.15) is 0 Å². The van der Waals surface area contributed by atoms with Gasteiger partial charge in [0.25, 0.3) is 0 Å². The molecule has 4 heteroatoms. The second-order valence-electron chi connectivity index (χ2n) is 3.96. The number of ether oxygens (including phenoxy) is 1. The number of methoxy groups -OCH3 is 1. The minimum Gasteiger partial charge on any atom is -0.385 e. The predicted molar refractivity (Wildman–Crippen MR) is 74.0 cm³/mol. The third-order valence-electron chi connectivity index (χ3n) is 2.60. The van der Waals surface area contributed by atoms with E-state index in [2.05, 4.69) is 12.2 Å². The van der Waals surface area contributed by atoms with Crippen LogP contribution in [-0.4, -0.2) is 20.3 Å². The highest BCUT2D eigenvalue weighted by atomic mass is 35.5. The zero-order chi connectivity index (χ0) is 12.7. The Kier molecular flexibility index (Phi) is 6.90. The van der Waals surface area contributed by atoms with E-state index >= 15 is 0 Å². The molecule has 0 bridgehead atoms. The molecule has 0 heterocycles. The van der Waals surface area contributed by atoms with Crippen LogP contribution in [0, 0.1) is 0 Å². The van der Waals surface area contributed by atoms with E-state index < -0.39 is 0 Å². The third-order valence-corrected chi connectivity index (χ3v) is 3.34. The number of hydrogen-bond donors (Lipinski definition) is 1. The summed E-state index contributed by atoms with van der Waals surface area (Å²) in [5.74, 6) is 0. The van der Waals surface area contributed by atoms with Crippen molar-refractivity contribution in [3.05, 3.63) is 33.8 Å². The molecular formula is C13H19Cl2NO. The molecular weight excluding hydrogens is 257 g/mol. The molecule has 1 rings (SSSR count). The lowest BCUT2D eigenvalue weighted by Gasteiger charge is -2.19. The molecule has 0 aliphatic carbocycles. The summed E-state index contributed by atoms with van der Waals surface area (Å²) < 4.78 is 5.13. The molecule has 1 N–H and O–H groups in total. The van der Waals surface area contributed by atoms with Crippen molar-refractivity contribution in [1.82, 2.24) is 5.32 Å². The van der Waals surface area contributed by atoms with Crippen molar-refractivity contribution < 1.29 is 4.74 Å². The molecule has 0 aliphatic rings. The first-order valence-corrected chi connectivity index (χ1v) is 6.62. The van der Waals surface area contributed by atoms with Crippen LogP contribution in [0.1, 0.15) is 31.4 Å². The molecule has 1 atom stereocenters. The fraction of sp³-hybridized carbons (Fsp3) is 0.538. The maximum absolute atomic E-state index is 6.04. The van der Waals surface area contributed by atoms with Crippen LogP contribution < -0.4 is 5.32 Å². The molecule has 17 heavy (non-hydrogen) atoms. The Morgan fingerprint density at radius 3 is 2.65 bits per heavy atom. The van der Waals surface area contributed by atoms with Gasteiger partial charge in [-0.3, -0.25) is 0 Å². The van der Waals surface area contributed by atoms with Gasteiger partial charge in [-0.15, -0.1) is 0 Å². The van der Waals surface area contributed by atoms with Crippen molar-refractivity contribution >= 4 is 23.2 Å². The van der Waals surface area contributed by atoms with E-state index in [-0.39, 0.29) is 6.04 Å². The Bertz CT molecular complexity index is 336. The summed E-state index contributed by atoms with van der Waals surface area (Å²) in [6, 6.07) is 6.04. The summed E-state index contributed by atoms with van der Waals surface area (Å²) in [5, 5.41) is 4.68. The average molecular weight is 276 g/mol. The number of rotatable bonds is 7. The van der Waals surface area contributed by atoms with Crippen LogP contribution in [-0.2, 0) is 4.74 Å². The lowest BCUT2D eigenvalue weighted by atomic mass is 10.0. The van der Waals surface area contributed by atoms with E-state index in [0.29, 0.717) is 10.0 Å². The van der Waals surface area contributed by atoms with Gasteiger partial charge in [0.05, 0.1) is 10.0 Å². The van der Waals surface area contributed by atoms with E-state index in [0.717, 1.165) is 31.6 Å². The lowest BCUT2D eigenvalue weighted by Crippen LogP contribution is -2.23. The summed E-state index contributed by atoms with van der Waals surface area (Å²) in [6.07, 6.45) is 2.03. The minimum absolute atomic E-state index is 0.268. The van der Waals surface area contributed by atoms with E-state index in [4.69, 9.17) is 27.9 Å². The van der Waals surface area contributed by atoms with Crippen LogP contribution in [0.4, 0.5) is 0 Å². The minimum atomic E-state index is 0.268. The first-order chi connectivity index (χ1) is 8.19. The molecule has 1 unspecified atom stereocenters. The first kappa shape index (κ1) is 14.8. The molecule has 0 radical (unpaired) electrons. The zero-order valence-electron chi connectivity index (χ0n) is 10.3. The van der Waals surface area contributed by atoms with Crippen molar-refractivity contribution in [2.75, 3.05) is 20.3 Å². The molecule has 0 spiro atoms. The Hall–Kier alpha value is -0.280. The maximum atomic E-state index is 6.04. The lowest BCUT2D eigenvalue weighted by molar-refractivity contribution is 0.183. The predicted octanol–water partition coefficient (Wildman–Crippen LogP) is 4.07. The molecule has 0 saturated carbocycles. The topological polar surface area (TPSA) is 21.3 Å². The van der Waals surface area contributed by atoms with Gasteiger partial charge in [-0.25, -0.2) is 0 Å². The second kappa shape index (κ2) is 7.93. The van der Waals surface area contributed by atoms with Crippen LogP contribution in [0.2, 0.25) is 10.0 Å². The molecule has 0 saturated heterocycles. The summed E-state index contributed by atoms with van der Waals surface area (Å²) in [5.41, 5.74) is 1.16. The van der Waals surface area contributed by atoms with E-state index in [9.17, 15) is 0 Å². The molecule has 0 fully saturated rings. The molecule has 1 aromatic rings. The third kappa shape index (κ3) is 4.84. The van der Waals surface area contributed by atoms with Crippen molar-refractivity contribution in [2.45, 2.75) is 25.8 Å². The Morgan fingerprint density at radius 2 is 2.06 bits per heavy atom. The fourth-order valence-corrected chi connectivity index (χ4v) is 1.98. The summed E-state index contributed by atoms with van der Waals surface area (Å²) in [4.78, 5) is 0. The highest BCUT2D eigenvalue weighted by Crippen LogP contribution is 2.26. The SMILES string of the molecule is CCCNC(CCOC)c1ccc(Cl)c(Cl)c1. The van der Waals surface area contributed by atoms with Crippen LogP contribution in [0.3, 0.4) is 0 Å². The quantitative estimate of drug-likeness (QED) is 0.810. The Labute approximate surface area is 113 Å². The first-order valence-electron chi connectivity index (χ1n) is 5.86. The highest BCUT2D eigenvalue weighted by Gasteiger charge is 2.11. The van der Waals surface area contributed by atoms with Crippen molar-refractivity contribution in [3.63, 3.8) is 0 Å². The van der Waals surface area contributed by atoms with Gasteiger partial charge >= 0.3 is 0 Å². The van der Waals surface area contributed by atoms with Crippen LogP contribution in [0.5, 0.6) is 0 Å². The smallest absolute Gasteiger partial charge is 0.0595 e. The molecule has 0 aromatic heterocycles. The standard InChI is InChI=1S/C13H19Cl2NO/c1-3-7-16-13(6-8-17-2)10-4-5-11(14)12(15)9-10/h4-5,9,13,16H,3,6-8H2,1-2H3. The largest absolute Gasteiger partial charge is 0.385 e. The van der Waals surface area contributed by atoms with Crippen molar-refractivity contribution in [1.29, 1.82) is 0 Å². The van der Waals surface area contributed by atoms with Crippen LogP contribution in [0.15, 0.2) is 18.2 Å². The zero-order valence-corrected chi connectivity index (χ0v) is 11.8. The van der Waals surface area contributed by atoms with Gasteiger partial charge in [-0.05, 0) is 37.1 Å². The van der Waals surface area contributed by atoms with Gasteiger partial charge in [0, 0.05) is 19.8 Å². The Balaban J connectivity index is 2.75. The van der Waals surface area contributed by atoms with Gasteiger partial charge in [0.15, 0.2) is 0 Å². The van der Waals surface area contributed by atoms with Crippen LogP contribution >= 0.6 is 23.2 Å². The fourth-order valence-electron chi connectivity index (χ4n) is 1.67. The number of benzene rings is 1. The summed E-state index contributed by atoms with van der Waals surface area (Å²) in [7, 11) is 1.71. The normalized spacial score (nSPS) is 12.7. The molecule has 0 aliphatic heterocycles. The Morgan fingerprint density at radius 1 is 1.29 bits per heavy atom. The summed E-state index contributed by atoms with van der Waals surface area (Å²) in [6.45, 7) is 3.85. The van der Waals surface area contributed by atoms with E-state index in [1.165, 1.54) is 0 Å². The number of nitrogens with one attached hydrogen (secondary N) is 1. The molecule has 2 nitrogen and oxygen atoms in total. The maximum Gasteiger partial charge on any atom is 0.0595 e. The number of hydrogen-bond acceptors (Lipinski definition) is 2. The highest BCUT2D eigenvalue weighted by molar-refractivity contribution is 6.42. The van der Waals surface area contributed by atoms with Crippen molar-refractivity contribution in [3.8, 4) is 0 Å². The van der Waals surface area contributed by atoms with Crippen molar-refractivity contribution in [2.24, 2.45) is 0 Å². The molecule has 96 valence electrons. The van der Waals surface area contributed by atoms with Gasteiger partial charge in [-0.1, -0.05) is 36.2 Å². The van der Waals surface area contributed by atoms with Crippen LogP contribution in [0.25, 0.3) is 0 Å². The van der Waals surface area contributed by atoms with Gasteiger partial charge < -0.3 is 10.1 Å². The van der Waals surface area contributed by atoms with E-state index in [1.807, 2.05) is 18.2 Å². The molecule has 1 aromatic carbocycles. The molecule has 0 amide bonds. The average Bonchev–Trinajstić information content (AvgIpc) is 2.33. The monoisotopic (exact) mass is 275 g/mol. The van der Waals surface area contributed by atoms with E-state index in [1.54, 1.807) is 7.11 Å². The van der Waals surface area contributed by atoms with Gasteiger partial charge in [0.2, 0.25) is 0 Å². The number of halogens is 2. The van der Waals surface area contributed by atoms with Gasteiger partial charge in [-0.2, -0.15) is 0 Å². The summed E-state index contributed by atoms with van der Waals surface area (Å²) >= 11 is 12.0. The second-order valence-corrected chi connectivity index (χ2v) is 4.78.